The third-order valence-corrected chi connectivity index (χ3v) is 4.48. The van der Waals surface area contributed by atoms with Crippen molar-refractivity contribution in [2.45, 2.75) is 19.5 Å². The van der Waals surface area contributed by atoms with Gasteiger partial charge in [-0.3, -0.25) is 0 Å². The highest BCUT2D eigenvalue weighted by molar-refractivity contribution is 9.10. The molecule has 0 aliphatic carbocycles. The molecule has 0 spiro atoms. The highest BCUT2D eigenvalue weighted by Crippen LogP contribution is 2.39. The number of hydrogen-bond donors (Lipinski definition) is 1. The van der Waals surface area contributed by atoms with Gasteiger partial charge in [0.15, 0.2) is 11.5 Å². The van der Waals surface area contributed by atoms with Gasteiger partial charge in [0.2, 0.25) is 5.75 Å². The number of benzene rings is 2. The fourth-order valence-corrected chi connectivity index (χ4v) is 3.13. The average Bonchev–Trinajstić information content (AvgIpc) is 2.58. The SMILES string of the molecule is COc1ccc(CN[C@H](C)c2ccccc2Br)c(OC)c1OC. The summed E-state index contributed by atoms with van der Waals surface area (Å²) < 4.78 is 17.4. The van der Waals surface area contributed by atoms with E-state index in [1.807, 2.05) is 30.3 Å². The Balaban J connectivity index is 2.19. The lowest BCUT2D eigenvalue weighted by atomic mass is 10.1. The van der Waals surface area contributed by atoms with Gasteiger partial charge in [0.05, 0.1) is 21.3 Å². The van der Waals surface area contributed by atoms with Crippen LogP contribution < -0.4 is 19.5 Å². The van der Waals surface area contributed by atoms with Crippen molar-refractivity contribution in [1.82, 2.24) is 5.32 Å². The molecule has 124 valence electrons. The molecule has 23 heavy (non-hydrogen) atoms. The highest BCUT2D eigenvalue weighted by atomic mass is 79.9. The predicted molar refractivity (Wildman–Crippen MR) is 95.5 cm³/mol. The van der Waals surface area contributed by atoms with Crippen molar-refractivity contribution >= 4 is 15.9 Å². The maximum atomic E-state index is 5.52. The van der Waals surface area contributed by atoms with Crippen LogP contribution in [0.4, 0.5) is 0 Å². The minimum Gasteiger partial charge on any atom is -0.493 e. The van der Waals surface area contributed by atoms with E-state index >= 15 is 0 Å². The number of halogens is 1. The number of ether oxygens (including phenoxy) is 3. The van der Waals surface area contributed by atoms with Gasteiger partial charge < -0.3 is 19.5 Å². The molecule has 1 atom stereocenters. The molecular formula is C18H22BrNO3. The Morgan fingerprint density at radius 3 is 2.26 bits per heavy atom. The predicted octanol–water partition coefficient (Wildman–Crippen LogP) is 4.33. The molecular weight excluding hydrogens is 358 g/mol. The lowest BCUT2D eigenvalue weighted by Gasteiger charge is -2.19. The molecule has 0 aliphatic heterocycles. The van der Waals surface area contributed by atoms with Crippen molar-refractivity contribution in [2.24, 2.45) is 0 Å². The molecule has 0 saturated heterocycles. The smallest absolute Gasteiger partial charge is 0.203 e. The molecule has 0 saturated carbocycles. The van der Waals surface area contributed by atoms with E-state index in [4.69, 9.17) is 14.2 Å². The normalized spacial score (nSPS) is 11.9. The fourth-order valence-electron chi connectivity index (χ4n) is 2.50. The number of hydrogen-bond acceptors (Lipinski definition) is 4. The van der Waals surface area contributed by atoms with Gasteiger partial charge in [0.1, 0.15) is 0 Å². The summed E-state index contributed by atoms with van der Waals surface area (Å²) in [4.78, 5) is 0. The second-order valence-electron chi connectivity index (χ2n) is 5.12. The maximum Gasteiger partial charge on any atom is 0.203 e. The molecule has 2 aromatic rings. The Hall–Kier alpha value is -1.72. The zero-order valence-electron chi connectivity index (χ0n) is 13.9. The molecule has 5 heteroatoms. The zero-order valence-corrected chi connectivity index (χ0v) is 15.4. The molecule has 0 heterocycles. The van der Waals surface area contributed by atoms with Gasteiger partial charge in [-0.15, -0.1) is 0 Å². The van der Waals surface area contributed by atoms with Crippen molar-refractivity contribution in [1.29, 1.82) is 0 Å². The van der Waals surface area contributed by atoms with Gasteiger partial charge in [0.25, 0.3) is 0 Å². The third-order valence-electron chi connectivity index (χ3n) is 3.76. The second kappa shape index (κ2) is 8.22. The standard InChI is InChI=1S/C18H22BrNO3/c1-12(14-7-5-6-8-15(14)19)20-11-13-9-10-16(21-2)18(23-4)17(13)22-3/h5-10,12,20H,11H2,1-4H3/t12-/m1/s1. The Bertz CT molecular complexity index is 661. The van der Waals surface area contributed by atoms with Crippen LogP contribution in [-0.4, -0.2) is 21.3 Å². The Morgan fingerprint density at radius 1 is 0.957 bits per heavy atom. The first-order valence-electron chi connectivity index (χ1n) is 7.38. The molecule has 0 aliphatic rings. The molecule has 0 amide bonds. The summed E-state index contributed by atoms with van der Waals surface area (Å²) in [6.07, 6.45) is 0. The van der Waals surface area contributed by atoms with E-state index < -0.39 is 0 Å². The zero-order chi connectivity index (χ0) is 16.8. The summed E-state index contributed by atoms with van der Waals surface area (Å²) in [6, 6.07) is 12.3. The maximum absolute atomic E-state index is 5.52. The van der Waals surface area contributed by atoms with Gasteiger partial charge in [-0.25, -0.2) is 0 Å². The lowest BCUT2D eigenvalue weighted by molar-refractivity contribution is 0.321. The number of nitrogens with one attached hydrogen (secondary N) is 1. The number of rotatable bonds is 7. The first-order chi connectivity index (χ1) is 11.1. The van der Waals surface area contributed by atoms with Crippen molar-refractivity contribution in [2.75, 3.05) is 21.3 Å². The second-order valence-corrected chi connectivity index (χ2v) is 5.97. The largest absolute Gasteiger partial charge is 0.493 e. The summed E-state index contributed by atoms with van der Waals surface area (Å²) in [5.41, 5.74) is 2.23. The van der Waals surface area contributed by atoms with Crippen LogP contribution in [0.5, 0.6) is 17.2 Å². The summed E-state index contributed by atoms with van der Waals surface area (Å²) in [5.74, 6) is 1.97. The molecule has 0 bridgehead atoms. The summed E-state index contributed by atoms with van der Waals surface area (Å²) >= 11 is 3.59. The minimum absolute atomic E-state index is 0.198. The van der Waals surface area contributed by atoms with E-state index in [-0.39, 0.29) is 6.04 Å². The molecule has 0 fully saturated rings. The quantitative estimate of drug-likeness (QED) is 0.777. The third kappa shape index (κ3) is 3.98. The lowest BCUT2D eigenvalue weighted by Crippen LogP contribution is -2.19. The topological polar surface area (TPSA) is 39.7 Å². The van der Waals surface area contributed by atoms with Crippen molar-refractivity contribution < 1.29 is 14.2 Å². The van der Waals surface area contributed by atoms with Crippen molar-refractivity contribution in [3.05, 3.63) is 52.0 Å². The van der Waals surface area contributed by atoms with Crippen LogP contribution >= 0.6 is 15.9 Å². The van der Waals surface area contributed by atoms with Gasteiger partial charge in [-0.2, -0.15) is 0 Å². The van der Waals surface area contributed by atoms with E-state index in [2.05, 4.69) is 34.2 Å². The molecule has 2 aromatic carbocycles. The van der Waals surface area contributed by atoms with Crippen LogP contribution in [0.1, 0.15) is 24.1 Å². The molecule has 0 unspecified atom stereocenters. The fraction of sp³-hybridized carbons (Fsp3) is 0.333. The van der Waals surface area contributed by atoms with Crippen LogP contribution in [0.2, 0.25) is 0 Å². The molecule has 4 nitrogen and oxygen atoms in total. The Kier molecular flexibility index (Phi) is 6.30. The summed E-state index contributed by atoms with van der Waals surface area (Å²) in [7, 11) is 4.86. The van der Waals surface area contributed by atoms with Crippen LogP contribution in [0, 0.1) is 0 Å². The molecule has 0 aromatic heterocycles. The van der Waals surface area contributed by atoms with Crippen LogP contribution in [-0.2, 0) is 6.54 Å². The van der Waals surface area contributed by atoms with Gasteiger partial charge >= 0.3 is 0 Å². The van der Waals surface area contributed by atoms with Crippen LogP contribution in [0.3, 0.4) is 0 Å². The number of methoxy groups -OCH3 is 3. The van der Waals surface area contributed by atoms with Gasteiger partial charge in [0, 0.05) is 22.6 Å². The minimum atomic E-state index is 0.198. The first-order valence-corrected chi connectivity index (χ1v) is 8.17. The van der Waals surface area contributed by atoms with Crippen LogP contribution in [0.25, 0.3) is 0 Å². The monoisotopic (exact) mass is 379 g/mol. The molecule has 1 N–H and O–H groups in total. The van der Waals surface area contributed by atoms with Crippen LogP contribution in [0.15, 0.2) is 40.9 Å². The highest BCUT2D eigenvalue weighted by Gasteiger charge is 2.16. The average molecular weight is 380 g/mol. The Morgan fingerprint density at radius 2 is 1.65 bits per heavy atom. The van der Waals surface area contributed by atoms with Gasteiger partial charge in [-0.05, 0) is 24.6 Å². The van der Waals surface area contributed by atoms with E-state index in [1.54, 1.807) is 21.3 Å². The first kappa shape index (κ1) is 17.6. The Labute approximate surface area is 145 Å². The van der Waals surface area contributed by atoms with Gasteiger partial charge in [-0.1, -0.05) is 40.2 Å². The summed E-state index contributed by atoms with van der Waals surface area (Å²) in [5, 5.41) is 3.51. The summed E-state index contributed by atoms with van der Waals surface area (Å²) in [6.45, 7) is 2.79. The van der Waals surface area contributed by atoms with Crippen molar-refractivity contribution in [3.63, 3.8) is 0 Å². The van der Waals surface area contributed by atoms with E-state index in [0.29, 0.717) is 23.8 Å². The molecule has 0 radical (unpaired) electrons. The van der Waals surface area contributed by atoms with E-state index in [1.165, 1.54) is 5.56 Å². The molecule has 2 rings (SSSR count). The van der Waals surface area contributed by atoms with E-state index in [9.17, 15) is 0 Å². The van der Waals surface area contributed by atoms with E-state index in [0.717, 1.165) is 10.0 Å². The van der Waals surface area contributed by atoms with Crippen molar-refractivity contribution in [3.8, 4) is 17.2 Å².